The first kappa shape index (κ1) is 20.3. The Balaban J connectivity index is 1.58. The van der Waals surface area contributed by atoms with Crippen LogP contribution in [-0.2, 0) is 19.6 Å². The van der Waals surface area contributed by atoms with Crippen LogP contribution in [0.3, 0.4) is 0 Å². The topological polar surface area (TPSA) is 96.0 Å². The summed E-state index contributed by atoms with van der Waals surface area (Å²) in [5.41, 5.74) is 0.605. The summed E-state index contributed by atoms with van der Waals surface area (Å²) in [5, 5.41) is 2.59. The molecule has 2 aliphatic heterocycles. The molecule has 1 N–H and O–H groups in total. The molecular formula is C20H20FN3O5S. The van der Waals surface area contributed by atoms with E-state index in [0.717, 1.165) is 12.8 Å². The Morgan fingerprint density at radius 2 is 1.80 bits per heavy atom. The van der Waals surface area contributed by atoms with Gasteiger partial charge < -0.3 is 10.1 Å². The minimum absolute atomic E-state index is 0.0467. The third-order valence-electron chi connectivity index (χ3n) is 5.01. The van der Waals surface area contributed by atoms with Gasteiger partial charge in [0.05, 0.1) is 10.6 Å². The van der Waals surface area contributed by atoms with Crippen LogP contribution >= 0.6 is 0 Å². The summed E-state index contributed by atoms with van der Waals surface area (Å²) in [5.74, 6) is -1.08. The van der Waals surface area contributed by atoms with Crippen LogP contribution in [0.2, 0.25) is 0 Å². The van der Waals surface area contributed by atoms with E-state index in [1.54, 1.807) is 0 Å². The van der Waals surface area contributed by atoms with Gasteiger partial charge in [0.1, 0.15) is 18.1 Å². The molecule has 0 aromatic heterocycles. The maximum atomic E-state index is 13.0. The van der Waals surface area contributed by atoms with E-state index in [4.69, 9.17) is 4.74 Å². The molecule has 2 aromatic rings. The lowest BCUT2D eigenvalue weighted by Gasteiger charge is -2.29. The molecule has 8 nitrogen and oxygen atoms in total. The van der Waals surface area contributed by atoms with Crippen molar-refractivity contribution in [3.05, 3.63) is 48.3 Å². The summed E-state index contributed by atoms with van der Waals surface area (Å²) >= 11 is 0. The van der Waals surface area contributed by atoms with Crippen LogP contribution in [0.4, 0.5) is 15.8 Å². The molecule has 0 spiro atoms. The van der Waals surface area contributed by atoms with Crippen LogP contribution in [0, 0.1) is 5.82 Å². The van der Waals surface area contributed by atoms with Gasteiger partial charge >= 0.3 is 0 Å². The minimum Gasteiger partial charge on any atom is -0.482 e. The van der Waals surface area contributed by atoms with Crippen molar-refractivity contribution in [2.45, 2.75) is 17.7 Å². The monoisotopic (exact) mass is 433 g/mol. The van der Waals surface area contributed by atoms with Crippen molar-refractivity contribution in [1.29, 1.82) is 0 Å². The molecule has 0 bridgehead atoms. The van der Waals surface area contributed by atoms with Crippen molar-refractivity contribution in [3.63, 3.8) is 0 Å². The van der Waals surface area contributed by atoms with E-state index in [0.29, 0.717) is 24.5 Å². The molecule has 2 aliphatic rings. The SMILES string of the molecule is O=C(CN1C(=O)COc2ccc(S(=O)(=O)N3CCCC3)cc21)Nc1ccc(F)cc1. The van der Waals surface area contributed by atoms with E-state index in [-0.39, 0.29) is 23.7 Å². The number of hydrogen-bond donors (Lipinski definition) is 1. The quantitative estimate of drug-likeness (QED) is 0.778. The lowest BCUT2D eigenvalue weighted by atomic mass is 10.2. The van der Waals surface area contributed by atoms with Gasteiger partial charge in [-0.05, 0) is 55.3 Å². The zero-order valence-electron chi connectivity index (χ0n) is 16.0. The predicted octanol–water partition coefficient (Wildman–Crippen LogP) is 1.97. The Kier molecular flexibility index (Phi) is 5.44. The van der Waals surface area contributed by atoms with E-state index >= 15 is 0 Å². The first-order valence-corrected chi connectivity index (χ1v) is 10.9. The van der Waals surface area contributed by atoms with Gasteiger partial charge in [-0.25, -0.2) is 12.8 Å². The summed E-state index contributed by atoms with van der Waals surface area (Å²) in [7, 11) is -3.69. The molecule has 1 fully saturated rings. The standard InChI is InChI=1S/C20H20FN3O5S/c21-14-3-5-15(6-4-14)22-19(25)12-24-17-11-16(7-8-18(17)29-13-20(24)26)30(27,28)23-9-1-2-10-23/h3-8,11H,1-2,9-10,12-13H2,(H,22,25). The van der Waals surface area contributed by atoms with Crippen molar-refractivity contribution in [2.24, 2.45) is 0 Å². The van der Waals surface area contributed by atoms with E-state index in [9.17, 15) is 22.4 Å². The minimum atomic E-state index is -3.69. The van der Waals surface area contributed by atoms with Crippen LogP contribution in [0.5, 0.6) is 5.75 Å². The fourth-order valence-corrected chi connectivity index (χ4v) is 5.01. The molecule has 0 radical (unpaired) electrons. The van der Waals surface area contributed by atoms with E-state index in [2.05, 4.69) is 5.32 Å². The third-order valence-corrected chi connectivity index (χ3v) is 6.90. The van der Waals surface area contributed by atoms with Crippen molar-refractivity contribution < 1.29 is 27.1 Å². The number of carbonyl (C=O) groups is 2. The number of ether oxygens (including phenoxy) is 1. The largest absolute Gasteiger partial charge is 0.482 e. The van der Waals surface area contributed by atoms with Crippen molar-refractivity contribution in [2.75, 3.05) is 36.5 Å². The second-order valence-corrected chi connectivity index (χ2v) is 9.00. The summed E-state index contributed by atoms with van der Waals surface area (Å²) in [4.78, 5) is 26.1. The average Bonchev–Trinajstić information content (AvgIpc) is 3.27. The number of benzene rings is 2. The highest BCUT2D eigenvalue weighted by Gasteiger charge is 2.32. The highest BCUT2D eigenvalue weighted by Crippen LogP contribution is 2.35. The number of sulfonamides is 1. The van der Waals surface area contributed by atoms with Crippen molar-refractivity contribution >= 4 is 33.2 Å². The Hall–Kier alpha value is -2.98. The normalized spacial score (nSPS) is 16.8. The molecule has 0 unspecified atom stereocenters. The molecule has 4 rings (SSSR count). The molecule has 0 atom stereocenters. The summed E-state index contributed by atoms with van der Waals surface area (Å²) in [6.45, 7) is 0.326. The van der Waals surface area contributed by atoms with Gasteiger partial charge in [0.25, 0.3) is 5.91 Å². The van der Waals surface area contributed by atoms with E-state index < -0.39 is 27.7 Å². The van der Waals surface area contributed by atoms with Crippen molar-refractivity contribution in [3.8, 4) is 5.75 Å². The second-order valence-electron chi connectivity index (χ2n) is 7.06. The first-order valence-electron chi connectivity index (χ1n) is 9.47. The number of carbonyl (C=O) groups excluding carboxylic acids is 2. The predicted molar refractivity (Wildman–Crippen MR) is 107 cm³/mol. The van der Waals surface area contributed by atoms with E-state index in [1.165, 1.54) is 51.7 Å². The molecule has 158 valence electrons. The molecular weight excluding hydrogens is 413 g/mol. The fourth-order valence-electron chi connectivity index (χ4n) is 3.47. The van der Waals surface area contributed by atoms with Crippen LogP contribution in [0.15, 0.2) is 47.4 Å². The van der Waals surface area contributed by atoms with Crippen molar-refractivity contribution in [1.82, 2.24) is 4.31 Å². The lowest BCUT2D eigenvalue weighted by Crippen LogP contribution is -2.43. The Morgan fingerprint density at radius 3 is 2.50 bits per heavy atom. The molecule has 2 heterocycles. The Labute approximate surface area is 173 Å². The lowest BCUT2D eigenvalue weighted by molar-refractivity contribution is -0.123. The average molecular weight is 433 g/mol. The number of fused-ring (bicyclic) bond motifs is 1. The molecule has 0 saturated carbocycles. The molecule has 2 aromatic carbocycles. The third kappa shape index (κ3) is 4.01. The highest BCUT2D eigenvalue weighted by atomic mass is 32.2. The number of anilines is 2. The van der Waals surface area contributed by atoms with Gasteiger partial charge in [0.2, 0.25) is 15.9 Å². The number of nitrogens with zero attached hydrogens (tertiary/aromatic N) is 2. The van der Waals surface area contributed by atoms with Gasteiger partial charge in [-0.15, -0.1) is 0 Å². The van der Waals surface area contributed by atoms with E-state index in [1.807, 2.05) is 0 Å². The maximum Gasteiger partial charge on any atom is 0.265 e. The zero-order chi connectivity index (χ0) is 21.3. The summed E-state index contributed by atoms with van der Waals surface area (Å²) in [6.07, 6.45) is 1.61. The molecule has 0 aliphatic carbocycles. The number of halogens is 1. The number of hydrogen-bond acceptors (Lipinski definition) is 5. The zero-order valence-corrected chi connectivity index (χ0v) is 16.8. The summed E-state index contributed by atoms with van der Waals surface area (Å²) in [6, 6.07) is 9.53. The van der Waals surface area contributed by atoms with Gasteiger partial charge in [-0.2, -0.15) is 4.31 Å². The van der Waals surface area contributed by atoms with Gasteiger partial charge in [0, 0.05) is 18.8 Å². The van der Waals surface area contributed by atoms with Crippen LogP contribution in [0.25, 0.3) is 0 Å². The highest BCUT2D eigenvalue weighted by molar-refractivity contribution is 7.89. The van der Waals surface area contributed by atoms with Gasteiger partial charge in [-0.1, -0.05) is 0 Å². The van der Waals surface area contributed by atoms with Gasteiger partial charge in [0.15, 0.2) is 6.61 Å². The number of amides is 2. The van der Waals surface area contributed by atoms with Crippen LogP contribution in [0.1, 0.15) is 12.8 Å². The molecule has 10 heteroatoms. The number of nitrogens with one attached hydrogen (secondary N) is 1. The molecule has 30 heavy (non-hydrogen) atoms. The maximum absolute atomic E-state index is 13.0. The fraction of sp³-hybridized carbons (Fsp3) is 0.300. The van der Waals surface area contributed by atoms with Crippen LogP contribution < -0.4 is 15.0 Å². The van der Waals surface area contributed by atoms with Gasteiger partial charge in [-0.3, -0.25) is 14.5 Å². The Bertz CT molecular complexity index is 1080. The van der Waals surface area contributed by atoms with Crippen LogP contribution in [-0.4, -0.2) is 50.8 Å². The first-order chi connectivity index (χ1) is 14.3. The summed E-state index contributed by atoms with van der Waals surface area (Å²) < 4.78 is 45.6. The molecule has 1 saturated heterocycles. The second kappa shape index (κ2) is 8.04. The smallest absolute Gasteiger partial charge is 0.265 e. The Morgan fingerprint density at radius 1 is 1.10 bits per heavy atom. The molecule has 2 amide bonds. The number of rotatable bonds is 5.